The lowest BCUT2D eigenvalue weighted by molar-refractivity contribution is -0.122. The molecule has 0 spiro atoms. The molecule has 7 nitrogen and oxygen atoms in total. The van der Waals surface area contributed by atoms with Crippen molar-refractivity contribution < 1.29 is 18.0 Å². The van der Waals surface area contributed by atoms with Gasteiger partial charge in [0.1, 0.15) is 0 Å². The Morgan fingerprint density at radius 3 is 2.29 bits per heavy atom. The van der Waals surface area contributed by atoms with Gasteiger partial charge in [0.05, 0.1) is 10.9 Å². The summed E-state index contributed by atoms with van der Waals surface area (Å²) < 4.78 is 27.2. The molecule has 0 radical (unpaired) electrons. The second kappa shape index (κ2) is 10.3. The van der Waals surface area contributed by atoms with Gasteiger partial charge in [-0.3, -0.25) is 9.59 Å². The Morgan fingerprint density at radius 2 is 1.68 bits per heavy atom. The minimum absolute atomic E-state index is 0.0147. The summed E-state index contributed by atoms with van der Waals surface area (Å²) in [7, 11) is -3.85. The van der Waals surface area contributed by atoms with E-state index in [1.54, 1.807) is 11.8 Å². The molecule has 28 heavy (non-hydrogen) atoms. The van der Waals surface area contributed by atoms with E-state index in [1.165, 1.54) is 38.1 Å². The highest BCUT2D eigenvalue weighted by atomic mass is 32.2. The standard InChI is InChI=1S/C19H23N3O4S2/c1-14(19(24)20-12-13-27-17-6-4-3-5-7-17)22-28(25,26)18-10-8-16(9-11-18)21-15(2)23/h3-11,14,22H,12-13H2,1-2H3,(H,20,24)(H,21,23)/t14-/m0/s1. The number of nitrogens with one attached hydrogen (secondary N) is 3. The van der Waals surface area contributed by atoms with Crippen LogP contribution in [-0.4, -0.2) is 38.6 Å². The van der Waals surface area contributed by atoms with E-state index in [1.807, 2.05) is 30.3 Å². The van der Waals surface area contributed by atoms with Crippen LogP contribution < -0.4 is 15.4 Å². The number of anilines is 1. The zero-order valence-corrected chi connectivity index (χ0v) is 17.3. The Labute approximate surface area is 169 Å². The van der Waals surface area contributed by atoms with Gasteiger partial charge in [0.2, 0.25) is 21.8 Å². The van der Waals surface area contributed by atoms with Crippen LogP contribution in [0.5, 0.6) is 0 Å². The van der Waals surface area contributed by atoms with Crippen molar-refractivity contribution in [2.24, 2.45) is 0 Å². The number of benzene rings is 2. The first-order valence-electron chi connectivity index (χ1n) is 8.63. The number of carbonyl (C=O) groups is 2. The third kappa shape index (κ3) is 6.99. The van der Waals surface area contributed by atoms with Crippen molar-refractivity contribution in [2.75, 3.05) is 17.6 Å². The molecule has 0 aliphatic heterocycles. The molecule has 2 aromatic carbocycles. The van der Waals surface area contributed by atoms with Crippen LogP contribution in [0.15, 0.2) is 64.4 Å². The molecule has 0 aliphatic carbocycles. The van der Waals surface area contributed by atoms with Crippen LogP contribution in [0.4, 0.5) is 5.69 Å². The van der Waals surface area contributed by atoms with Crippen LogP contribution in [0.1, 0.15) is 13.8 Å². The van der Waals surface area contributed by atoms with Crippen molar-refractivity contribution >= 4 is 39.3 Å². The van der Waals surface area contributed by atoms with Crippen molar-refractivity contribution in [3.05, 3.63) is 54.6 Å². The molecule has 0 saturated heterocycles. The predicted octanol–water partition coefficient (Wildman–Crippen LogP) is 2.22. The Bertz CT molecular complexity index is 901. The lowest BCUT2D eigenvalue weighted by Crippen LogP contribution is -2.45. The summed E-state index contributed by atoms with van der Waals surface area (Å²) in [6.07, 6.45) is 0. The minimum atomic E-state index is -3.85. The van der Waals surface area contributed by atoms with Crippen molar-refractivity contribution in [3.63, 3.8) is 0 Å². The van der Waals surface area contributed by atoms with Crippen LogP contribution in [-0.2, 0) is 19.6 Å². The average Bonchev–Trinajstić information content (AvgIpc) is 2.65. The maximum absolute atomic E-state index is 12.4. The molecule has 150 valence electrons. The summed E-state index contributed by atoms with van der Waals surface area (Å²) in [4.78, 5) is 24.3. The number of hydrogen-bond donors (Lipinski definition) is 3. The molecule has 2 aromatic rings. The summed E-state index contributed by atoms with van der Waals surface area (Å²) in [6, 6.07) is 14.6. The van der Waals surface area contributed by atoms with Gasteiger partial charge in [0.25, 0.3) is 0 Å². The molecule has 3 N–H and O–H groups in total. The molecule has 0 bridgehead atoms. The molecular weight excluding hydrogens is 398 g/mol. The summed E-state index contributed by atoms with van der Waals surface area (Å²) in [6.45, 7) is 3.28. The van der Waals surface area contributed by atoms with Crippen LogP contribution in [0.3, 0.4) is 0 Å². The first kappa shape index (κ1) is 21.9. The molecular formula is C19H23N3O4S2. The molecule has 0 aromatic heterocycles. The molecule has 0 unspecified atom stereocenters. The summed E-state index contributed by atoms with van der Waals surface area (Å²) >= 11 is 1.61. The molecule has 0 saturated carbocycles. The SMILES string of the molecule is CC(=O)Nc1ccc(S(=O)(=O)N[C@@H](C)C(=O)NCCSc2ccccc2)cc1. The van der Waals surface area contributed by atoms with E-state index in [4.69, 9.17) is 0 Å². The molecule has 2 amide bonds. The number of carbonyl (C=O) groups excluding carboxylic acids is 2. The van der Waals surface area contributed by atoms with Gasteiger partial charge in [-0.05, 0) is 43.3 Å². The third-order valence-corrected chi connectivity index (χ3v) is 6.19. The van der Waals surface area contributed by atoms with Crippen molar-refractivity contribution in [1.29, 1.82) is 0 Å². The van der Waals surface area contributed by atoms with Crippen molar-refractivity contribution in [2.45, 2.75) is 29.7 Å². The Kier molecular flexibility index (Phi) is 8.04. The monoisotopic (exact) mass is 421 g/mol. The van der Waals surface area contributed by atoms with Crippen LogP contribution >= 0.6 is 11.8 Å². The maximum atomic E-state index is 12.4. The number of hydrogen-bond acceptors (Lipinski definition) is 5. The molecule has 0 aliphatic rings. The number of thioether (sulfide) groups is 1. The highest BCUT2D eigenvalue weighted by Crippen LogP contribution is 2.16. The van der Waals surface area contributed by atoms with Crippen molar-refractivity contribution in [3.8, 4) is 0 Å². The number of amides is 2. The molecule has 9 heteroatoms. The quantitative estimate of drug-likeness (QED) is 0.425. The summed E-state index contributed by atoms with van der Waals surface area (Å²) in [5.41, 5.74) is 0.494. The van der Waals surface area contributed by atoms with Crippen LogP contribution in [0, 0.1) is 0 Å². The van der Waals surface area contributed by atoms with E-state index in [0.29, 0.717) is 18.0 Å². The third-order valence-electron chi connectivity index (χ3n) is 3.62. The van der Waals surface area contributed by atoms with Crippen LogP contribution in [0.25, 0.3) is 0 Å². The number of sulfonamides is 1. The van der Waals surface area contributed by atoms with Gasteiger partial charge in [0, 0.05) is 29.8 Å². The van der Waals surface area contributed by atoms with E-state index in [-0.39, 0.29) is 10.8 Å². The topological polar surface area (TPSA) is 104 Å². The van der Waals surface area contributed by atoms with E-state index in [9.17, 15) is 18.0 Å². The molecule has 2 rings (SSSR count). The summed E-state index contributed by atoms with van der Waals surface area (Å²) in [5.74, 6) is 0.0383. The van der Waals surface area contributed by atoms with Gasteiger partial charge >= 0.3 is 0 Å². The van der Waals surface area contributed by atoms with Crippen LogP contribution in [0.2, 0.25) is 0 Å². The molecule has 0 fully saturated rings. The first-order valence-corrected chi connectivity index (χ1v) is 11.1. The van der Waals surface area contributed by atoms with E-state index in [0.717, 1.165) is 4.90 Å². The fourth-order valence-electron chi connectivity index (χ4n) is 2.29. The maximum Gasteiger partial charge on any atom is 0.241 e. The highest BCUT2D eigenvalue weighted by molar-refractivity contribution is 7.99. The second-order valence-electron chi connectivity index (χ2n) is 6.00. The number of rotatable bonds is 9. The zero-order valence-electron chi connectivity index (χ0n) is 15.6. The fraction of sp³-hybridized carbons (Fsp3) is 0.263. The van der Waals surface area contributed by atoms with Gasteiger partial charge in [-0.2, -0.15) is 4.72 Å². The zero-order chi connectivity index (χ0) is 20.6. The normalized spacial score (nSPS) is 12.2. The van der Waals surface area contributed by atoms with Crippen molar-refractivity contribution in [1.82, 2.24) is 10.0 Å². The van der Waals surface area contributed by atoms with E-state index >= 15 is 0 Å². The van der Waals surface area contributed by atoms with E-state index in [2.05, 4.69) is 15.4 Å². The molecule has 1 atom stereocenters. The van der Waals surface area contributed by atoms with E-state index < -0.39 is 22.0 Å². The summed E-state index contributed by atoms with van der Waals surface area (Å²) in [5, 5.41) is 5.29. The Morgan fingerprint density at radius 1 is 1.04 bits per heavy atom. The highest BCUT2D eigenvalue weighted by Gasteiger charge is 2.21. The largest absolute Gasteiger partial charge is 0.354 e. The van der Waals surface area contributed by atoms with Gasteiger partial charge in [-0.15, -0.1) is 11.8 Å². The lowest BCUT2D eigenvalue weighted by Gasteiger charge is -2.14. The molecule has 0 heterocycles. The average molecular weight is 422 g/mol. The van der Waals surface area contributed by atoms with Gasteiger partial charge < -0.3 is 10.6 Å². The lowest BCUT2D eigenvalue weighted by atomic mass is 10.3. The van der Waals surface area contributed by atoms with Gasteiger partial charge in [0.15, 0.2) is 0 Å². The van der Waals surface area contributed by atoms with Gasteiger partial charge in [-0.25, -0.2) is 8.42 Å². The fourth-order valence-corrected chi connectivity index (χ4v) is 4.28. The predicted molar refractivity (Wildman–Crippen MR) is 111 cm³/mol. The van der Waals surface area contributed by atoms with Gasteiger partial charge in [-0.1, -0.05) is 18.2 Å². The Balaban J connectivity index is 1.83. The second-order valence-corrected chi connectivity index (χ2v) is 8.88. The first-order chi connectivity index (χ1) is 13.3. The Hall–Kier alpha value is -2.36. The smallest absolute Gasteiger partial charge is 0.241 e. The minimum Gasteiger partial charge on any atom is -0.354 e.